The van der Waals surface area contributed by atoms with Gasteiger partial charge in [-0.3, -0.25) is 0 Å². The maximum Gasteiger partial charge on any atom is 0.119 e. The molecule has 0 saturated carbocycles. The Kier molecular flexibility index (Phi) is 25.1. The van der Waals surface area contributed by atoms with Gasteiger partial charge < -0.3 is 4.57 Å². The molecule has 0 radical (unpaired) electrons. The van der Waals surface area contributed by atoms with Crippen LogP contribution in [0.1, 0.15) is 156 Å². The number of rotatable bonds is 24. The maximum absolute atomic E-state index is 2.85. The second-order valence-corrected chi connectivity index (χ2v) is 11.6. The zero-order chi connectivity index (χ0) is 22.1. The van der Waals surface area contributed by atoms with Crippen molar-refractivity contribution >= 4 is 9.68 Å². The fraction of sp³-hybridized carbons (Fsp3) is 0.929. The van der Waals surface area contributed by atoms with Gasteiger partial charge in [-0.15, -0.1) is 0 Å². The first kappa shape index (κ1) is 29.9. The molecule has 0 saturated heterocycles. The molecule has 1 nitrogen and oxygen atoms in total. The van der Waals surface area contributed by atoms with Crippen molar-refractivity contribution < 1.29 is 0 Å². The van der Waals surface area contributed by atoms with Crippen LogP contribution in [0.2, 0.25) is 0 Å². The van der Waals surface area contributed by atoms with E-state index >= 15 is 0 Å². The van der Waals surface area contributed by atoms with Crippen molar-refractivity contribution in [3.05, 3.63) is 11.3 Å². The highest BCUT2D eigenvalue weighted by atomic mass is 28.2. The molecule has 0 heterocycles. The SMILES string of the molecule is CCCCCCCCCCCCN(CCCCCCCCCCCC)[SiH2]C=C(C)C. The molecule has 0 amide bonds. The van der Waals surface area contributed by atoms with Crippen LogP contribution in [-0.2, 0) is 0 Å². The zero-order valence-electron chi connectivity index (χ0n) is 21.8. The van der Waals surface area contributed by atoms with Gasteiger partial charge in [0.1, 0.15) is 9.68 Å². The third-order valence-electron chi connectivity index (χ3n) is 6.41. The molecule has 0 fully saturated rings. The van der Waals surface area contributed by atoms with Crippen LogP contribution in [-0.4, -0.2) is 27.3 Å². The lowest BCUT2D eigenvalue weighted by atomic mass is 10.1. The number of allylic oxidation sites excluding steroid dienone is 1. The van der Waals surface area contributed by atoms with Crippen molar-refractivity contribution in [3.63, 3.8) is 0 Å². The number of hydrogen-bond donors (Lipinski definition) is 0. The Morgan fingerprint density at radius 3 is 1.10 bits per heavy atom. The highest BCUT2D eigenvalue weighted by Gasteiger charge is 2.04. The lowest BCUT2D eigenvalue weighted by molar-refractivity contribution is 0.405. The van der Waals surface area contributed by atoms with Gasteiger partial charge in [0, 0.05) is 0 Å². The summed E-state index contributed by atoms with van der Waals surface area (Å²) in [5.41, 5.74) is 4.09. The van der Waals surface area contributed by atoms with Gasteiger partial charge in [0.2, 0.25) is 0 Å². The van der Waals surface area contributed by atoms with E-state index in [1.807, 2.05) is 0 Å². The second-order valence-electron chi connectivity index (χ2n) is 9.95. The van der Waals surface area contributed by atoms with Gasteiger partial charge in [0.05, 0.1) is 0 Å². The molecule has 0 atom stereocenters. The molecular formula is C28H59NSi. The van der Waals surface area contributed by atoms with Crippen molar-refractivity contribution in [1.29, 1.82) is 0 Å². The highest BCUT2D eigenvalue weighted by molar-refractivity contribution is 6.38. The molecule has 180 valence electrons. The van der Waals surface area contributed by atoms with E-state index in [1.165, 1.54) is 147 Å². The monoisotopic (exact) mass is 437 g/mol. The van der Waals surface area contributed by atoms with Crippen LogP contribution in [0, 0.1) is 0 Å². The zero-order valence-corrected chi connectivity index (χ0v) is 23.2. The predicted molar refractivity (Wildman–Crippen MR) is 143 cm³/mol. The van der Waals surface area contributed by atoms with Gasteiger partial charge in [-0.1, -0.05) is 141 Å². The van der Waals surface area contributed by atoms with E-state index in [1.54, 1.807) is 0 Å². The van der Waals surface area contributed by atoms with E-state index in [2.05, 4.69) is 38.0 Å². The number of nitrogens with zero attached hydrogens (tertiary/aromatic N) is 1. The number of unbranched alkanes of at least 4 members (excludes halogenated alkanes) is 18. The molecule has 2 heteroatoms. The fourth-order valence-electron chi connectivity index (χ4n) is 4.25. The smallest absolute Gasteiger partial charge is 0.119 e. The van der Waals surface area contributed by atoms with E-state index in [0.29, 0.717) is 0 Å². The standard InChI is InChI=1S/C28H59NSi/c1-5-7-9-11-13-15-17-19-21-23-25-29(30-27-28(3)4)26-24-22-20-18-16-14-12-10-8-6-2/h27H,5-26,30H2,1-4H3. The average molecular weight is 438 g/mol. The van der Waals surface area contributed by atoms with Gasteiger partial charge in [0.25, 0.3) is 0 Å². The van der Waals surface area contributed by atoms with E-state index in [4.69, 9.17) is 0 Å². The molecule has 0 aliphatic carbocycles. The van der Waals surface area contributed by atoms with Crippen LogP contribution in [0.3, 0.4) is 0 Å². The van der Waals surface area contributed by atoms with Crippen molar-refractivity contribution in [2.45, 2.75) is 156 Å². The van der Waals surface area contributed by atoms with Gasteiger partial charge in [-0.25, -0.2) is 0 Å². The molecule has 0 aromatic rings. The Hall–Kier alpha value is -0.0831. The van der Waals surface area contributed by atoms with Crippen LogP contribution < -0.4 is 0 Å². The summed E-state index contributed by atoms with van der Waals surface area (Å²) in [5.74, 6) is 0. The van der Waals surface area contributed by atoms with E-state index in [9.17, 15) is 0 Å². The predicted octanol–water partition coefficient (Wildman–Crippen LogP) is 9.14. The Labute approximate surface area is 194 Å². The Morgan fingerprint density at radius 2 is 0.800 bits per heavy atom. The summed E-state index contributed by atoms with van der Waals surface area (Å²) in [4.78, 5) is 0. The average Bonchev–Trinajstić information content (AvgIpc) is 2.73. The first-order chi connectivity index (χ1) is 14.7. The maximum atomic E-state index is 2.85. The van der Waals surface area contributed by atoms with Crippen molar-refractivity contribution in [1.82, 2.24) is 4.57 Å². The Bertz CT molecular complexity index is 325. The van der Waals surface area contributed by atoms with Crippen LogP contribution in [0.4, 0.5) is 0 Å². The summed E-state index contributed by atoms with van der Waals surface area (Å²) < 4.78 is 2.85. The summed E-state index contributed by atoms with van der Waals surface area (Å²) >= 11 is 0. The summed E-state index contributed by atoms with van der Waals surface area (Å²) in [6.07, 6.45) is 29.0. The van der Waals surface area contributed by atoms with Crippen molar-refractivity contribution in [3.8, 4) is 0 Å². The molecule has 0 N–H and O–H groups in total. The van der Waals surface area contributed by atoms with Gasteiger partial charge in [-0.05, 0) is 39.8 Å². The fourth-order valence-corrected chi connectivity index (χ4v) is 5.69. The van der Waals surface area contributed by atoms with E-state index in [-0.39, 0.29) is 9.68 Å². The summed E-state index contributed by atoms with van der Waals surface area (Å²) in [7, 11) is -0.163. The topological polar surface area (TPSA) is 3.24 Å². The molecule has 0 rings (SSSR count). The first-order valence-electron chi connectivity index (χ1n) is 14.1. The molecule has 0 aromatic heterocycles. The van der Waals surface area contributed by atoms with Gasteiger partial charge >= 0.3 is 0 Å². The lowest BCUT2D eigenvalue weighted by Crippen LogP contribution is -2.29. The molecular weight excluding hydrogens is 378 g/mol. The van der Waals surface area contributed by atoms with E-state index < -0.39 is 0 Å². The highest BCUT2D eigenvalue weighted by Crippen LogP contribution is 2.12. The number of hydrogen-bond acceptors (Lipinski definition) is 1. The van der Waals surface area contributed by atoms with Crippen molar-refractivity contribution in [2.24, 2.45) is 0 Å². The Morgan fingerprint density at radius 1 is 0.500 bits per heavy atom. The molecule has 30 heavy (non-hydrogen) atoms. The van der Waals surface area contributed by atoms with Gasteiger partial charge in [0.15, 0.2) is 0 Å². The molecule has 0 aromatic carbocycles. The summed E-state index contributed by atoms with van der Waals surface area (Å²) in [6.45, 7) is 11.9. The van der Waals surface area contributed by atoms with Crippen LogP contribution in [0.15, 0.2) is 11.3 Å². The second kappa shape index (κ2) is 25.2. The van der Waals surface area contributed by atoms with Crippen molar-refractivity contribution in [2.75, 3.05) is 13.1 Å². The largest absolute Gasteiger partial charge is 0.325 e. The third kappa shape index (κ3) is 24.2. The molecule has 0 aliphatic rings. The Balaban J connectivity index is 3.67. The normalized spacial score (nSPS) is 11.8. The summed E-state index contributed by atoms with van der Waals surface area (Å²) in [6, 6.07) is 0. The molecule has 0 unspecified atom stereocenters. The lowest BCUT2D eigenvalue weighted by Gasteiger charge is -2.21. The minimum atomic E-state index is -0.163. The first-order valence-corrected chi connectivity index (χ1v) is 15.5. The quantitative estimate of drug-likeness (QED) is 0.107. The van der Waals surface area contributed by atoms with E-state index in [0.717, 1.165) is 0 Å². The van der Waals surface area contributed by atoms with Crippen LogP contribution in [0.5, 0.6) is 0 Å². The third-order valence-corrected chi connectivity index (χ3v) is 8.56. The van der Waals surface area contributed by atoms with Crippen LogP contribution in [0.25, 0.3) is 0 Å². The van der Waals surface area contributed by atoms with Gasteiger partial charge in [-0.2, -0.15) is 0 Å². The van der Waals surface area contributed by atoms with Crippen LogP contribution >= 0.6 is 0 Å². The molecule has 0 bridgehead atoms. The summed E-state index contributed by atoms with van der Waals surface area (Å²) in [5, 5.41) is 0. The minimum absolute atomic E-state index is 0.163. The molecule has 0 aliphatic heterocycles. The molecule has 0 spiro atoms. The minimum Gasteiger partial charge on any atom is -0.325 e.